The number of nitrogens with two attached hydrogens (primary N) is 1. The molecular weight excluding hydrogens is 328 g/mol. The van der Waals surface area contributed by atoms with E-state index in [1.807, 2.05) is 6.07 Å². The lowest BCUT2D eigenvalue weighted by Gasteiger charge is -2.14. The highest BCUT2D eigenvalue weighted by Crippen LogP contribution is 2.27. The summed E-state index contributed by atoms with van der Waals surface area (Å²) in [7, 11) is 0. The Morgan fingerprint density at radius 3 is 2.65 bits per heavy atom. The molecule has 1 fully saturated rings. The van der Waals surface area contributed by atoms with Gasteiger partial charge in [0.05, 0.1) is 5.52 Å². The number of likely N-dealkylation sites (tertiary alicyclic amines) is 1. The average molecular weight is 350 g/mol. The molecule has 0 bridgehead atoms. The molecule has 1 aliphatic rings. The van der Waals surface area contributed by atoms with Crippen molar-refractivity contribution >= 4 is 17.1 Å². The van der Waals surface area contributed by atoms with Gasteiger partial charge in [-0.05, 0) is 50.0 Å². The average Bonchev–Trinajstić information content (AvgIpc) is 3.30. The molecule has 0 atom stereocenters. The Labute approximate surface area is 152 Å². The molecule has 1 saturated heterocycles. The van der Waals surface area contributed by atoms with Crippen LogP contribution >= 0.6 is 0 Å². The van der Waals surface area contributed by atoms with Crippen LogP contribution in [-0.4, -0.2) is 40.6 Å². The summed E-state index contributed by atoms with van der Waals surface area (Å²) >= 11 is 0. The lowest BCUT2D eigenvalue weighted by Crippen LogP contribution is -2.21. The van der Waals surface area contributed by atoms with Crippen LogP contribution < -0.4 is 10.5 Å². The third kappa shape index (κ3) is 3.55. The molecule has 3 N–H and O–H groups in total. The second-order valence-electron chi connectivity index (χ2n) is 6.65. The monoisotopic (exact) mass is 350 g/mol. The van der Waals surface area contributed by atoms with E-state index in [0.717, 1.165) is 29.9 Å². The lowest BCUT2D eigenvalue weighted by atomic mass is 10.1. The molecule has 0 radical (unpaired) electrons. The maximum absolute atomic E-state index is 11.0. The number of ether oxygens (including phenoxy) is 1. The SMILES string of the molecule is NC(=O)Oc1cccc2[nH]c(-c3ccc(CCN4CCCC4)cc3)nc12. The normalized spacial score (nSPS) is 14.8. The third-order valence-corrected chi connectivity index (χ3v) is 4.83. The number of nitrogens with one attached hydrogen (secondary N) is 1. The van der Waals surface area contributed by atoms with Crippen molar-refractivity contribution in [3.05, 3.63) is 48.0 Å². The first kappa shape index (κ1) is 16.6. The van der Waals surface area contributed by atoms with E-state index in [4.69, 9.17) is 10.5 Å². The maximum Gasteiger partial charge on any atom is 0.410 e. The molecule has 0 spiro atoms. The van der Waals surface area contributed by atoms with E-state index in [1.54, 1.807) is 12.1 Å². The molecule has 6 nitrogen and oxygen atoms in total. The zero-order valence-electron chi connectivity index (χ0n) is 14.6. The number of benzene rings is 2. The fourth-order valence-electron chi connectivity index (χ4n) is 3.46. The molecule has 1 amide bonds. The molecule has 1 aromatic heterocycles. The van der Waals surface area contributed by atoms with E-state index in [2.05, 4.69) is 39.1 Å². The van der Waals surface area contributed by atoms with Gasteiger partial charge in [-0.15, -0.1) is 0 Å². The van der Waals surface area contributed by atoms with E-state index in [-0.39, 0.29) is 0 Å². The van der Waals surface area contributed by atoms with Gasteiger partial charge >= 0.3 is 6.09 Å². The first-order valence-corrected chi connectivity index (χ1v) is 8.97. The van der Waals surface area contributed by atoms with Crippen molar-refractivity contribution in [1.29, 1.82) is 0 Å². The van der Waals surface area contributed by atoms with Crippen LogP contribution in [0.25, 0.3) is 22.4 Å². The minimum Gasteiger partial charge on any atom is -0.408 e. The Balaban J connectivity index is 1.52. The predicted octanol–water partition coefficient (Wildman–Crippen LogP) is 3.33. The van der Waals surface area contributed by atoms with Crippen molar-refractivity contribution in [1.82, 2.24) is 14.9 Å². The number of hydrogen-bond donors (Lipinski definition) is 2. The zero-order chi connectivity index (χ0) is 17.9. The highest BCUT2D eigenvalue weighted by Gasteiger charge is 2.13. The molecule has 0 saturated carbocycles. The molecule has 6 heteroatoms. The van der Waals surface area contributed by atoms with Crippen LogP contribution in [0.4, 0.5) is 4.79 Å². The molecule has 2 aromatic carbocycles. The van der Waals surface area contributed by atoms with Gasteiger partial charge in [-0.3, -0.25) is 0 Å². The van der Waals surface area contributed by atoms with Crippen molar-refractivity contribution in [2.75, 3.05) is 19.6 Å². The first-order valence-electron chi connectivity index (χ1n) is 8.97. The number of primary amides is 1. The minimum absolute atomic E-state index is 0.361. The molecule has 0 aliphatic carbocycles. The number of H-pyrrole nitrogens is 1. The number of carbonyl (C=O) groups is 1. The lowest BCUT2D eigenvalue weighted by molar-refractivity contribution is 0.211. The van der Waals surface area contributed by atoms with Crippen LogP contribution in [-0.2, 0) is 6.42 Å². The van der Waals surface area contributed by atoms with Gasteiger partial charge in [0.15, 0.2) is 5.75 Å². The molecule has 134 valence electrons. The summed E-state index contributed by atoms with van der Waals surface area (Å²) in [6.07, 6.45) is 2.88. The van der Waals surface area contributed by atoms with Crippen LogP contribution in [0.3, 0.4) is 0 Å². The van der Waals surface area contributed by atoms with E-state index < -0.39 is 6.09 Å². The van der Waals surface area contributed by atoms with Crippen LogP contribution in [0.5, 0.6) is 5.75 Å². The number of carbonyl (C=O) groups excluding carboxylic acids is 1. The number of aromatic nitrogens is 2. The Kier molecular flexibility index (Phi) is 4.58. The number of fused-ring (bicyclic) bond motifs is 1. The summed E-state index contributed by atoms with van der Waals surface area (Å²) in [5.74, 6) is 1.10. The van der Waals surface area contributed by atoms with Gasteiger partial charge in [-0.2, -0.15) is 0 Å². The van der Waals surface area contributed by atoms with Crippen LogP contribution in [0, 0.1) is 0 Å². The number of imidazole rings is 1. The smallest absolute Gasteiger partial charge is 0.408 e. The van der Waals surface area contributed by atoms with Gasteiger partial charge in [0.25, 0.3) is 0 Å². The third-order valence-electron chi connectivity index (χ3n) is 4.83. The van der Waals surface area contributed by atoms with Crippen LogP contribution in [0.1, 0.15) is 18.4 Å². The summed E-state index contributed by atoms with van der Waals surface area (Å²) in [5, 5.41) is 0. The highest BCUT2D eigenvalue weighted by atomic mass is 16.5. The van der Waals surface area contributed by atoms with Crippen molar-refractivity contribution < 1.29 is 9.53 Å². The Morgan fingerprint density at radius 2 is 1.92 bits per heavy atom. The number of rotatable bonds is 5. The van der Waals surface area contributed by atoms with Gasteiger partial charge in [-0.1, -0.05) is 30.3 Å². The van der Waals surface area contributed by atoms with E-state index >= 15 is 0 Å². The molecule has 3 aromatic rings. The van der Waals surface area contributed by atoms with Gasteiger partial charge in [0.2, 0.25) is 0 Å². The van der Waals surface area contributed by atoms with E-state index in [1.165, 1.54) is 31.5 Å². The van der Waals surface area contributed by atoms with Crippen molar-refractivity contribution in [3.63, 3.8) is 0 Å². The molecule has 0 unspecified atom stereocenters. The van der Waals surface area contributed by atoms with Crippen molar-refractivity contribution in [2.24, 2.45) is 5.73 Å². The quantitative estimate of drug-likeness (QED) is 0.739. The Morgan fingerprint density at radius 1 is 1.15 bits per heavy atom. The fraction of sp³-hybridized carbons (Fsp3) is 0.300. The maximum atomic E-state index is 11.0. The topological polar surface area (TPSA) is 84.2 Å². The molecule has 1 aliphatic heterocycles. The van der Waals surface area contributed by atoms with Gasteiger partial charge < -0.3 is 20.4 Å². The van der Waals surface area contributed by atoms with Crippen molar-refractivity contribution in [2.45, 2.75) is 19.3 Å². The molecule has 2 heterocycles. The van der Waals surface area contributed by atoms with E-state index in [9.17, 15) is 4.79 Å². The second-order valence-corrected chi connectivity index (χ2v) is 6.65. The number of hydrogen-bond acceptors (Lipinski definition) is 4. The predicted molar refractivity (Wildman–Crippen MR) is 101 cm³/mol. The summed E-state index contributed by atoms with van der Waals surface area (Å²) in [6.45, 7) is 3.58. The largest absolute Gasteiger partial charge is 0.410 e. The molecule has 4 rings (SSSR count). The minimum atomic E-state index is -0.843. The van der Waals surface area contributed by atoms with Gasteiger partial charge in [0.1, 0.15) is 11.3 Å². The number of aromatic amines is 1. The van der Waals surface area contributed by atoms with Crippen molar-refractivity contribution in [3.8, 4) is 17.1 Å². The zero-order valence-corrected chi connectivity index (χ0v) is 14.6. The van der Waals surface area contributed by atoms with E-state index in [0.29, 0.717) is 11.3 Å². The molecular formula is C20H22N4O2. The van der Waals surface area contributed by atoms with Crippen LogP contribution in [0.2, 0.25) is 0 Å². The summed E-state index contributed by atoms with van der Waals surface area (Å²) in [4.78, 5) is 21.4. The Hall–Kier alpha value is -2.86. The summed E-state index contributed by atoms with van der Waals surface area (Å²) in [6, 6.07) is 13.8. The number of amides is 1. The molecule has 26 heavy (non-hydrogen) atoms. The highest BCUT2D eigenvalue weighted by molar-refractivity contribution is 5.87. The summed E-state index contributed by atoms with van der Waals surface area (Å²) in [5.41, 5.74) is 8.85. The number of nitrogens with zero attached hydrogens (tertiary/aromatic N) is 2. The second kappa shape index (κ2) is 7.17. The van der Waals surface area contributed by atoms with Gasteiger partial charge in [-0.25, -0.2) is 9.78 Å². The first-order chi connectivity index (χ1) is 12.7. The van der Waals surface area contributed by atoms with Gasteiger partial charge in [0, 0.05) is 12.1 Å². The standard InChI is InChI=1S/C20H22N4O2/c21-20(25)26-17-5-3-4-16-18(17)23-19(22-16)15-8-6-14(7-9-15)10-13-24-11-1-2-12-24/h3-9H,1-2,10-13H2,(H2,21,25)(H,22,23). The van der Waals surface area contributed by atoms with Crippen LogP contribution in [0.15, 0.2) is 42.5 Å². The Bertz CT molecular complexity index is 911. The number of para-hydroxylation sites is 1. The summed E-state index contributed by atoms with van der Waals surface area (Å²) < 4.78 is 5.03. The fourth-order valence-corrected chi connectivity index (χ4v) is 3.46.